The third kappa shape index (κ3) is 6.27. The minimum atomic E-state index is -0.793. The van der Waals surface area contributed by atoms with Crippen molar-refractivity contribution < 1.29 is 15.0 Å². The van der Waals surface area contributed by atoms with Crippen molar-refractivity contribution >= 4 is 5.97 Å². The zero-order valence-corrected chi connectivity index (χ0v) is 13.1. The lowest BCUT2D eigenvalue weighted by Crippen LogP contribution is -2.40. The second-order valence-corrected chi connectivity index (χ2v) is 5.37. The van der Waals surface area contributed by atoms with Crippen LogP contribution in [0, 0.1) is 0 Å². The van der Waals surface area contributed by atoms with Gasteiger partial charge in [-0.2, -0.15) is 0 Å². The summed E-state index contributed by atoms with van der Waals surface area (Å²) in [7, 11) is 0. The van der Waals surface area contributed by atoms with E-state index >= 15 is 0 Å². The van der Waals surface area contributed by atoms with Crippen molar-refractivity contribution in [3.8, 4) is 0 Å². The highest BCUT2D eigenvalue weighted by atomic mass is 16.4. The molecule has 0 saturated carbocycles. The summed E-state index contributed by atoms with van der Waals surface area (Å²) >= 11 is 0. The highest BCUT2D eigenvalue weighted by Gasteiger charge is 2.20. The van der Waals surface area contributed by atoms with Gasteiger partial charge >= 0.3 is 5.97 Å². The predicted octanol–water partition coefficient (Wildman–Crippen LogP) is 2.34. The van der Waals surface area contributed by atoms with Gasteiger partial charge < -0.3 is 10.2 Å². The molecule has 0 fully saturated rings. The minimum absolute atomic E-state index is 0.0550. The van der Waals surface area contributed by atoms with E-state index in [-0.39, 0.29) is 19.1 Å². The standard InChI is InChI=1S/C17H27NO3/c1-3-5-14-6-8-15(9-7-14)12-16(13-17(20)21)18(4-2)10-11-19/h6-9,16,19H,3-5,10-13H2,1-2H3,(H,20,21). The van der Waals surface area contributed by atoms with Crippen LogP contribution in [-0.2, 0) is 17.6 Å². The van der Waals surface area contributed by atoms with E-state index in [1.807, 2.05) is 11.8 Å². The van der Waals surface area contributed by atoms with Crippen molar-refractivity contribution in [2.45, 2.75) is 45.6 Å². The summed E-state index contributed by atoms with van der Waals surface area (Å²) in [5.41, 5.74) is 2.47. The number of benzene rings is 1. The fourth-order valence-corrected chi connectivity index (χ4v) is 2.66. The fraction of sp³-hybridized carbons (Fsp3) is 0.588. The monoisotopic (exact) mass is 293 g/mol. The highest BCUT2D eigenvalue weighted by molar-refractivity contribution is 5.67. The molecule has 0 aliphatic carbocycles. The molecule has 0 saturated heterocycles. The van der Waals surface area contributed by atoms with E-state index in [0.717, 1.165) is 24.9 Å². The molecule has 1 atom stereocenters. The molecule has 118 valence electrons. The van der Waals surface area contributed by atoms with E-state index in [0.29, 0.717) is 13.0 Å². The van der Waals surface area contributed by atoms with Crippen LogP contribution in [0.5, 0.6) is 0 Å². The van der Waals surface area contributed by atoms with Gasteiger partial charge in [0.25, 0.3) is 0 Å². The van der Waals surface area contributed by atoms with Crippen LogP contribution >= 0.6 is 0 Å². The number of hydrogen-bond acceptors (Lipinski definition) is 3. The number of aliphatic carboxylic acids is 1. The summed E-state index contributed by atoms with van der Waals surface area (Å²) in [5, 5.41) is 18.2. The van der Waals surface area contributed by atoms with Gasteiger partial charge in [0.05, 0.1) is 13.0 Å². The lowest BCUT2D eigenvalue weighted by atomic mass is 9.99. The van der Waals surface area contributed by atoms with Crippen LogP contribution < -0.4 is 0 Å². The van der Waals surface area contributed by atoms with Crippen molar-refractivity contribution in [3.05, 3.63) is 35.4 Å². The van der Waals surface area contributed by atoms with Crippen molar-refractivity contribution in [2.75, 3.05) is 19.7 Å². The predicted molar refractivity (Wildman–Crippen MR) is 84.5 cm³/mol. The van der Waals surface area contributed by atoms with Crippen LogP contribution in [0.4, 0.5) is 0 Å². The van der Waals surface area contributed by atoms with Crippen molar-refractivity contribution in [2.24, 2.45) is 0 Å². The Kier molecular flexibility index (Phi) is 8.01. The number of carboxylic acid groups (broad SMARTS) is 1. The Balaban J connectivity index is 2.76. The first-order valence-corrected chi connectivity index (χ1v) is 7.75. The Morgan fingerprint density at radius 3 is 2.29 bits per heavy atom. The van der Waals surface area contributed by atoms with E-state index < -0.39 is 5.97 Å². The lowest BCUT2D eigenvalue weighted by Gasteiger charge is -2.29. The number of hydrogen-bond donors (Lipinski definition) is 2. The second-order valence-electron chi connectivity index (χ2n) is 5.37. The average molecular weight is 293 g/mol. The maximum Gasteiger partial charge on any atom is 0.304 e. The van der Waals surface area contributed by atoms with Gasteiger partial charge in [-0.05, 0) is 30.5 Å². The summed E-state index contributed by atoms with van der Waals surface area (Å²) in [4.78, 5) is 13.1. The average Bonchev–Trinajstić information content (AvgIpc) is 2.46. The first kappa shape index (κ1) is 17.7. The van der Waals surface area contributed by atoms with Gasteiger partial charge in [-0.15, -0.1) is 0 Å². The summed E-state index contributed by atoms with van der Waals surface area (Å²) in [6.45, 7) is 5.47. The molecule has 0 bridgehead atoms. The number of likely N-dealkylation sites (N-methyl/N-ethyl adjacent to an activating group) is 1. The van der Waals surface area contributed by atoms with E-state index in [4.69, 9.17) is 10.2 Å². The molecule has 1 unspecified atom stereocenters. The molecule has 1 rings (SSSR count). The van der Waals surface area contributed by atoms with E-state index in [9.17, 15) is 4.79 Å². The fourth-order valence-electron chi connectivity index (χ4n) is 2.66. The van der Waals surface area contributed by atoms with Gasteiger partial charge in [0.1, 0.15) is 0 Å². The number of nitrogens with zero attached hydrogens (tertiary/aromatic N) is 1. The normalized spacial score (nSPS) is 12.6. The van der Waals surface area contributed by atoms with Gasteiger partial charge in [0.15, 0.2) is 0 Å². The smallest absolute Gasteiger partial charge is 0.304 e. The topological polar surface area (TPSA) is 60.8 Å². The molecule has 1 aromatic rings. The molecular weight excluding hydrogens is 266 g/mol. The van der Waals surface area contributed by atoms with Gasteiger partial charge in [-0.1, -0.05) is 44.5 Å². The Morgan fingerprint density at radius 2 is 1.81 bits per heavy atom. The molecule has 0 amide bonds. The molecule has 1 aromatic carbocycles. The summed E-state index contributed by atoms with van der Waals surface area (Å²) in [5.74, 6) is -0.793. The van der Waals surface area contributed by atoms with Crippen LogP contribution in [0.1, 0.15) is 37.8 Å². The van der Waals surface area contributed by atoms with E-state index in [2.05, 4.69) is 31.2 Å². The molecule has 0 aliphatic rings. The van der Waals surface area contributed by atoms with Crippen molar-refractivity contribution in [3.63, 3.8) is 0 Å². The molecular formula is C17H27NO3. The molecule has 2 N–H and O–H groups in total. The summed E-state index contributed by atoms with van der Waals surface area (Å²) in [6, 6.07) is 8.36. The number of rotatable bonds is 10. The molecule has 0 heterocycles. The maximum absolute atomic E-state index is 11.1. The van der Waals surface area contributed by atoms with Crippen LogP contribution in [0.3, 0.4) is 0 Å². The Bertz CT molecular complexity index is 417. The third-order valence-electron chi connectivity index (χ3n) is 3.75. The molecule has 21 heavy (non-hydrogen) atoms. The van der Waals surface area contributed by atoms with Crippen molar-refractivity contribution in [1.29, 1.82) is 0 Å². The van der Waals surface area contributed by atoms with E-state index in [1.165, 1.54) is 5.56 Å². The lowest BCUT2D eigenvalue weighted by molar-refractivity contribution is -0.138. The Labute approximate surface area is 127 Å². The zero-order chi connectivity index (χ0) is 15.7. The Hall–Kier alpha value is -1.39. The first-order valence-electron chi connectivity index (χ1n) is 7.75. The molecule has 0 aliphatic heterocycles. The molecule has 0 radical (unpaired) electrons. The minimum Gasteiger partial charge on any atom is -0.481 e. The van der Waals surface area contributed by atoms with Gasteiger partial charge in [-0.3, -0.25) is 9.69 Å². The number of carbonyl (C=O) groups is 1. The number of aliphatic hydroxyl groups is 1. The number of aliphatic hydroxyl groups excluding tert-OH is 1. The molecule has 4 heteroatoms. The summed E-state index contributed by atoms with van der Waals surface area (Å²) in [6.07, 6.45) is 3.00. The van der Waals surface area contributed by atoms with Crippen LogP contribution in [0.2, 0.25) is 0 Å². The zero-order valence-electron chi connectivity index (χ0n) is 13.1. The molecule has 0 aromatic heterocycles. The third-order valence-corrected chi connectivity index (χ3v) is 3.75. The van der Waals surface area contributed by atoms with E-state index in [1.54, 1.807) is 0 Å². The summed E-state index contributed by atoms with van der Waals surface area (Å²) < 4.78 is 0. The Morgan fingerprint density at radius 1 is 1.19 bits per heavy atom. The van der Waals surface area contributed by atoms with Gasteiger partial charge in [-0.25, -0.2) is 0 Å². The van der Waals surface area contributed by atoms with Gasteiger partial charge in [0.2, 0.25) is 0 Å². The van der Waals surface area contributed by atoms with Crippen molar-refractivity contribution in [1.82, 2.24) is 4.90 Å². The van der Waals surface area contributed by atoms with Gasteiger partial charge in [0, 0.05) is 12.6 Å². The number of aryl methyl sites for hydroxylation is 1. The largest absolute Gasteiger partial charge is 0.481 e. The van der Waals surface area contributed by atoms with Crippen LogP contribution in [-0.4, -0.2) is 46.8 Å². The molecule has 0 spiro atoms. The first-order chi connectivity index (χ1) is 10.1. The maximum atomic E-state index is 11.1. The SMILES string of the molecule is CCCc1ccc(CC(CC(=O)O)N(CC)CCO)cc1. The second kappa shape index (κ2) is 9.53. The van der Waals surface area contributed by atoms with Crippen LogP contribution in [0.25, 0.3) is 0 Å². The highest BCUT2D eigenvalue weighted by Crippen LogP contribution is 2.14. The quantitative estimate of drug-likeness (QED) is 0.695. The number of carboxylic acids is 1. The van der Waals surface area contributed by atoms with Crippen LogP contribution in [0.15, 0.2) is 24.3 Å². The molecule has 4 nitrogen and oxygen atoms in total.